The molecule has 3 heterocycles. The number of carbonyl (C=O) groups is 1. The van der Waals surface area contributed by atoms with Gasteiger partial charge in [0, 0.05) is 25.5 Å². The van der Waals surface area contributed by atoms with Crippen LogP contribution in [0.25, 0.3) is 11.0 Å². The summed E-state index contributed by atoms with van der Waals surface area (Å²) in [7, 11) is 0. The summed E-state index contributed by atoms with van der Waals surface area (Å²) in [4.78, 5) is 17.9. The van der Waals surface area contributed by atoms with E-state index in [0.717, 1.165) is 31.7 Å². The van der Waals surface area contributed by atoms with E-state index in [0.29, 0.717) is 11.1 Å². The fourth-order valence-corrected chi connectivity index (χ4v) is 2.90. The molecule has 0 radical (unpaired) electrons. The number of halogens is 2. The summed E-state index contributed by atoms with van der Waals surface area (Å²) in [5.74, 6) is -0.912. The maximum absolute atomic E-state index is 11.3. The summed E-state index contributed by atoms with van der Waals surface area (Å²) < 4.78 is 2.01. The molecule has 7 heteroatoms. The normalized spacial score (nSPS) is 15.1. The molecule has 0 aromatic carbocycles. The minimum absolute atomic E-state index is 0. The lowest BCUT2D eigenvalue weighted by Crippen LogP contribution is -2.32. The number of carboxylic acid groups (broad SMARTS) is 1. The van der Waals surface area contributed by atoms with Crippen LogP contribution >= 0.6 is 24.8 Å². The van der Waals surface area contributed by atoms with Gasteiger partial charge < -0.3 is 14.6 Å². The second-order valence-electron chi connectivity index (χ2n) is 5.31. The topological polar surface area (TPSA) is 58.4 Å². The number of rotatable bonds is 4. The van der Waals surface area contributed by atoms with Crippen molar-refractivity contribution in [3.63, 3.8) is 0 Å². The smallest absolute Gasteiger partial charge is 0.339 e. The summed E-state index contributed by atoms with van der Waals surface area (Å²) in [5.41, 5.74) is 1.78. The molecule has 0 aliphatic carbocycles. The van der Waals surface area contributed by atoms with Crippen LogP contribution in [-0.4, -0.2) is 45.2 Å². The average molecular weight is 346 g/mol. The first-order valence-electron chi connectivity index (χ1n) is 7.15. The van der Waals surface area contributed by atoms with Crippen LogP contribution in [0.3, 0.4) is 0 Å². The van der Waals surface area contributed by atoms with Crippen LogP contribution in [-0.2, 0) is 6.54 Å². The first kappa shape index (κ1) is 18.7. The standard InChI is InChI=1S/C15H19N3O2.2ClH/c19-15(20)12-11-18(13-5-4-6-16-14(12)13)10-9-17-7-2-1-3-8-17;;/h4-6,11H,1-3,7-10H2,(H,19,20);2*1H. The third-order valence-electron chi connectivity index (χ3n) is 3.97. The van der Waals surface area contributed by atoms with Crippen molar-refractivity contribution in [3.05, 3.63) is 30.1 Å². The second kappa shape index (κ2) is 8.36. The van der Waals surface area contributed by atoms with Crippen LogP contribution in [0.2, 0.25) is 0 Å². The third-order valence-corrected chi connectivity index (χ3v) is 3.97. The number of aromatic nitrogens is 2. The van der Waals surface area contributed by atoms with Gasteiger partial charge in [-0.1, -0.05) is 6.42 Å². The molecule has 2 aromatic rings. The highest BCUT2D eigenvalue weighted by Gasteiger charge is 2.16. The average Bonchev–Trinajstić information content (AvgIpc) is 2.85. The van der Waals surface area contributed by atoms with Gasteiger partial charge in [-0.15, -0.1) is 24.8 Å². The van der Waals surface area contributed by atoms with Gasteiger partial charge in [0.2, 0.25) is 0 Å². The van der Waals surface area contributed by atoms with E-state index < -0.39 is 5.97 Å². The Hall–Kier alpha value is -1.30. The second-order valence-corrected chi connectivity index (χ2v) is 5.31. The van der Waals surface area contributed by atoms with Gasteiger partial charge >= 0.3 is 5.97 Å². The maximum Gasteiger partial charge on any atom is 0.339 e. The van der Waals surface area contributed by atoms with Crippen molar-refractivity contribution in [2.24, 2.45) is 0 Å². The van der Waals surface area contributed by atoms with Gasteiger partial charge in [-0.05, 0) is 38.1 Å². The van der Waals surface area contributed by atoms with Crippen LogP contribution < -0.4 is 0 Å². The van der Waals surface area contributed by atoms with Crippen LogP contribution in [0.1, 0.15) is 29.6 Å². The van der Waals surface area contributed by atoms with Crippen molar-refractivity contribution in [2.45, 2.75) is 25.8 Å². The highest BCUT2D eigenvalue weighted by molar-refractivity contribution is 6.01. The molecule has 0 bridgehead atoms. The Morgan fingerprint density at radius 2 is 1.91 bits per heavy atom. The van der Waals surface area contributed by atoms with Gasteiger partial charge in [-0.25, -0.2) is 4.79 Å². The first-order valence-corrected chi connectivity index (χ1v) is 7.15. The van der Waals surface area contributed by atoms with Crippen molar-refractivity contribution in [1.82, 2.24) is 14.5 Å². The van der Waals surface area contributed by atoms with E-state index in [1.54, 1.807) is 12.4 Å². The zero-order valence-corrected chi connectivity index (χ0v) is 13.9. The molecule has 1 saturated heterocycles. The van der Waals surface area contributed by atoms with Crippen LogP contribution in [0, 0.1) is 0 Å². The maximum atomic E-state index is 11.3. The molecule has 2 aromatic heterocycles. The van der Waals surface area contributed by atoms with Gasteiger partial charge in [0.05, 0.1) is 5.52 Å². The van der Waals surface area contributed by atoms with Crippen LogP contribution in [0.5, 0.6) is 0 Å². The third kappa shape index (κ3) is 3.91. The molecule has 122 valence electrons. The molecule has 1 N–H and O–H groups in total. The number of nitrogens with zero attached hydrogens (tertiary/aromatic N) is 3. The highest BCUT2D eigenvalue weighted by Crippen LogP contribution is 2.19. The Kier molecular flexibility index (Phi) is 7.13. The van der Waals surface area contributed by atoms with Crippen molar-refractivity contribution < 1.29 is 9.90 Å². The summed E-state index contributed by atoms with van der Waals surface area (Å²) in [6, 6.07) is 3.79. The highest BCUT2D eigenvalue weighted by atomic mass is 35.5. The summed E-state index contributed by atoms with van der Waals surface area (Å²) >= 11 is 0. The predicted molar refractivity (Wildman–Crippen MR) is 91.5 cm³/mol. The quantitative estimate of drug-likeness (QED) is 0.924. The summed E-state index contributed by atoms with van der Waals surface area (Å²) in [6.45, 7) is 4.10. The Morgan fingerprint density at radius 3 is 2.59 bits per heavy atom. The lowest BCUT2D eigenvalue weighted by Gasteiger charge is -2.26. The van der Waals surface area contributed by atoms with E-state index >= 15 is 0 Å². The van der Waals surface area contributed by atoms with Gasteiger partial charge in [-0.3, -0.25) is 4.98 Å². The van der Waals surface area contributed by atoms with Crippen molar-refractivity contribution >= 4 is 41.8 Å². The fraction of sp³-hybridized carbons (Fsp3) is 0.467. The molecular weight excluding hydrogens is 325 g/mol. The molecule has 1 aliphatic heterocycles. The zero-order valence-electron chi connectivity index (χ0n) is 12.3. The number of fused-ring (bicyclic) bond motifs is 1. The number of likely N-dealkylation sites (tertiary alicyclic amines) is 1. The molecule has 0 atom stereocenters. The van der Waals surface area contributed by atoms with Gasteiger partial charge in [0.1, 0.15) is 11.1 Å². The van der Waals surface area contributed by atoms with E-state index in [4.69, 9.17) is 0 Å². The molecule has 3 rings (SSSR count). The Balaban J connectivity index is 0.00000121. The van der Waals surface area contributed by atoms with Gasteiger partial charge in [0.15, 0.2) is 0 Å². The van der Waals surface area contributed by atoms with Gasteiger partial charge in [-0.2, -0.15) is 0 Å². The number of hydrogen-bond acceptors (Lipinski definition) is 3. The predicted octanol–water partition coefficient (Wildman–Crippen LogP) is 3.06. The van der Waals surface area contributed by atoms with E-state index in [9.17, 15) is 9.90 Å². The lowest BCUT2D eigenvalue weighted by molar-refractivity contribution is 0.0698. The Labute approximate surface area is 142 Å². The summed E-state index contributed by atoms with van der Waals surface area (Å²) in [5, 5.41) is 9.25. The van der Waals surface area contributed by atoms with Crippen LogP contribution in [0.4, 0.5) is 0 Å². The molecule has 22 heavy (non-hydrogen) atoms. The first-order chi connectivity index (χ1) is 9.75. The fourth-order valence-electron chi connectivity index (χ4n) is 2.90. The monoisotopic (exact) mass is 345 g/mol. The van der Waals surface area contributed by atoms with E-state index in [1.165, 1.54) is 19.3 Å². The molecule has 5 nitrogen and oxygen atoms in total. The van der Waals surface area contributed by atoms with Crippen molar-refractivity contribution in [2.75, 3.05) is 19.6 Å². The SMILES string of the molecule is Cl.Cl.O=C(O)c1cn(CCN2CCCCC2)c2cccnc12. The molecule has 0 unspecified atom stereocenters. The summed E-state index contributed by atoms with van der Waals surface area (Å²) in [6.07, 6.45) is 7.23. The number of pyridine rings is 1. The zero-order chi connectivity index (χ0) is 13.9. The molecule has 1 fully saturated rings. The largest absolute Gasteiger partial charge is 0.478 e. The van der Waals surface area contributed by atoms with Crippen molar-refractivity contribution in [3.8, 4) is 0 Å². The Bertz CT molecular complexity index is 624. The number of piperidine rings is 1. The van der Waals surface area contributed by atoms with Crippen molar-refractivity contribution in [1.29, 1.82) is 0 Å². The molecular formula is C15H21Cl2N3O2. The lowest BCUT2D eigenvalue weighted by atomic mass is 10.1. The van der Waals surface area contributed by atoms with E-state index in [-0.39, 0.29) is 24.8 Å². The molecule has 0 amide bonds. The number of hydrogen-bond donors (Lipinski definition) is 1. The number of aromatic carboxylic acids is 1. The van der Waals surface area contributed by atoms with E-state index in [2.05, 4.69) is 9.88 Å². The van der Waals surface area contributed by atoms with E-state index in [1.807, 2.05) is 16.7 Å². The van der Waals surface area contributed by atoms with Gasteiger partial charge in [0.25, 0.3) is 0 Å². The number of carboxylic acids is 1. The Morgan fingerprint density at radius 1 is 1.18 bits per heavy atom. The minimum Gasteiger partial charge on any atom is -0.478 e. The molecule has 0 spiro atoms. The molecule has 0 saturated carbocycles. The van der Waals surface area contributed by atoms with Crippen LogP contribution in [0.15, 0.2) is 24.5 Å². The molecule has 1 aliphatic rings. The minimum atomic E-state index is -0.912.